The molecule has 0 spiro atoms. The van der Waals surface area contributed by atoms with Crippen LogP contribution in [0.15, 0.2) is 53.9 Å². The minimum absolute atomic E-state index is 0.0437. The molecule has 3 rings (SSSR count). The first-order chi connectivity index (χ1) is 19.4. The summed E-state index contributed by atoms with van der Waals surface area (Å²) in [5.74, 6) is -13.1. The van der Waals surface area contributed by atoms with Crippen molar-refractivity contribution in [2.24, 2.45) is 11.8 Å². The highest BCUT2D eigenvalue weighted by Gasteiger charge is 2.31. The van der Waals surface area contributed by atoms with Crippen molar-refractivity contribution >= 4 is 23.6 Å². The average Bonchev–Trinajstić information content (AvgIpc) is 2.92. The van der Waals surface area contributed by atoms with Crippen molar-refractivity contribution < 1.29 is 51.3 Å². The van der Waals surface area contributed by atoms with E-state index in [9.17, 15) is 41.8 Å². The van der Waals surface area contributed by atoms with Crippen molar-refractivity contribution in [2.45, 2.75) is 38.8 Å². The number of carboxylic acids is 1. The SMILES string of the molecule is CC(C)[C@H](NC(=O)COC1=CC=CC2=CC=CCC21)C(=O)NC(CC(=O)O)C(=O)COc1c(F)c(F)cc(F)c1F. The topological polar surface area (TPSA) is 131 Å². The standard InChI is InChI=1S/C28H28F4N2O7/c1-14(2)26(34-22(36)13-40-21-9-5-7-15-6-3-4-8-16(15)21)28(39)33-19(11-23(37)38)20(35)12-41-27-24(31)17(29)10-18(30)25(27)32/h3-7,9-10,14,16,19,26H,8,11-13H2,1-2H3,(H,33,39)(H,34,36)(H,37,38)/t16?,19?,26-/m0/s1. The molecule has 0 aromatic heterocycles. The second kappa shape index (κ2) is 13.8. The maximum Gasteiger partial charge on any atom is 0.305 e. The molecule has 0 aliphatic heterocycles. The molecule has 1 aromatic rings. The first-order valence-electron chi connectivity index (χ1n) is 12.6. The molecule has 13 heteroatoms. The zero-order chi connectivity index (χ0) is 30.3. The first kappa shape index (κ1) is 31.1. The van der Waals surface area contributed by atoms with Crippen LogP contribution in [0.1, 0.15) is 26.7 Å². The molecule has 41 heavy (non-hydrogen) atoms. The van der Waals surface area contributed by atoms with Gasteiger partial charge >= 0.3 is 5.97 Å². The third-order valence-corrected chi connectivity index (χ3v) is 6.24. The van der Waals surface area contributed by atoms with E-state index in [1.807, 2.05) is 24.3 Å². The molecular formula is C28H28F4N2O7. The molecule has 2 aliphatic rings. The molecule has 220 valence electrons. The number of carboxylic acid groups (broad SMARTS) is 1. The molecule has 3 atom stereocenters. The van der Waals surface area contributed by atoms with E-state index in [2.05, 4.69) is 15.4 Å². The fourth-order valence-electron chi connectivity index (χ4n) is 4.12. The molecule has 2 unspecified atom stereocenters. The van der Waals surface area contributed by atoms with Gasteiger partial charge in [-0.1, -0.05) is 44.2 Å². The minimum Gasteiger partial charge on any atom is -0.487 e. The number of carbonyl (C=O) groups is 4. The van der Waals surface area contributed by atoms with Crippen molar-refractivity contribution in [3.63, 3.8) is 0 Å². The minimum atomic E-state index is -1.90. The zero-order valence-electron chi connectivity index (χ0n) is 22.1. The van der Waals surface area contributed by atoms with Crippen LogP contribution in [0.4, 0.5) is 17.6 Å². The third kappa shape index (κ3) is 8.05. The highest BCUT2D eigenvalue weighted by Crippen LogP contribution is 2.32. The molecule has 1 aromatic carbocycles. The van der Waals surface area contributed by atoms with Gasteiger partial charge in [-0.05, 0) is 24.0 Å². The maximum atomic E-state index is 13.8. The molecule has 9 nitrogen and oxygen atoms in total. The fourth-order valence-corrected chi connectivity index (χ4v) is 4.12. The summed E-state index contributed by atoms with van der Waals surface area (Å²) < 4.78 is 64.8. The Labute approximate surface area is 232 Å². The Kier molecular flexibility index (Phi) is 10.5. The summed E-state index contributed by atoms with van der Waals surface area (Å²) >= 11 is 0. The lowest BCUT2D eigenvalue weighted by Crippen LogP contribution is -2.55. The summed E-state index contributed by atoms with van der Waals surface area (Å²) in [6, 6.07) is -3.04. The number of hydrogen-bond acceptors (Lipinski definition) is 6. The van der Waals surface area contributed by atoms with E-state index in [1.165, 1.54) is 0 Å². The number of carbonyl (C=O) groups excluding carboxylic acids is 3. The summed E-state index contributed by atoms with van der Waals surface area (Å²) in [6.45, 7) is 1.53. The van der Waals surface area contributed by atoms with E-state index in [4.69, 9.17) is 4.74 Å². The largest absolute Gasteiger partial charge is 0.487 e. The molecule has 0 bridgehead atoms. The quantitative estimate of drug-likeness (QED) is 0.241. The van der Waals surface area contributed by atoms with Gasteiger partial charge in [0, 0.05) is 12.0 Å². The van der Waals surface area contributed by atoms with Gasteiger partial charge in [-0.15, -0.1) is 0 Å². The fraction of sp³-hybridized carbons (Fsp3) is 0.357. The van der Waals surface area contributed by atoms with Crippen molar-refractivity contribution in [1.82, 2.24) is 10.6 Å². The number of amides is 2. The number of ketones is 1. The van der Waals surface area contributed by atoms with Crippen LogP contribution in [-0.2, 0) is 23.9 Å². The number of rotatable bonds is 13. The van der Waals surface area contributed by atoms with Gasteiger partial charge in [0.2, 0.25) is 17.5 Å². The monoisotopic (exact) mass is 580 g/mol. The average molecular weight is 581 g/mol. The lowest BCUT2D eigenvalue weighted by Gasteiger charge is -2.26. The van der Waals surface area contributed by atoms with E-state index in [-0.39, 0.29) is 12.0 Å². The van der Waals surface area contributed by atoms with Gasteiger partial charge in [-0.25, -0.2) is 8.78 Å². The van der Waals surface area contributed by atoms with Crippen LogP contribution in [0.25, 0.3) is 0 Å². The summed E-state index contributed by atoms with van der Waals surface area (Å²) in [7, 11) is 0. The third-order valence-electron chi connectivity index (χ3n) is 6.24. The lowest BCUT2D eigenvalue weighted by atomic mass is 9.86. The van der Waals surface area contributed by atoms with E-state index in [1.54, 1.807) is 26.0 Å². The molecule has 2 amide bonds. The first-order valence-corrected chi connectivity index (χ1v) is 12.6. The number of hydrogen-bond donors (Lipinski definition) is 3. The van der Waals surface area contributed by atoms with Gasteiger partial charge in [0.1, 0.15) is 24.4 Å². The van der Waals surface area contributed by atoms with E-state index in [0.29, 0.717) is 12.2 Å². The second-order valence-corrected chi connectivity index (χ2v) is 9.60. The van der Waals surface area contributed by atoms with Gasteiger partial charge < -0.3 is 25.2 Å². The summed E-state index contributed by atoms with van der Waals surface area (Å²) in [4.78, 5) is 49.6. The predicted octanol–water partition coefficient (Wildman–Crippen LogP) is 3.26. The Morgan fingerprint density at radius 2 is 1.66 bits per heavy atom. The Balaban J connectivity index is 1.62. The van der Waals surface area contributed by atoms with Crippen molar-refractivity contribution in [3.05, 3.63) is 77.1 Å². The summed E-state index contributed by atoms with van der Waals surface area (Å²) in [5, 5.41) is 13.9. The van der Waals surface area contributed by atoms with Crippen LogP contribution in [0.5, 0.6) is 5.75 Å². The van der Waals surface area contributed by atoms with Crippen molar-refractivity contribution in [3.8, 4) is 5.75 Å². The van der Waals surface area contributed by atoms with Gasteiger partial charge in [-0.3, -0.25) is 19.2 Å². The number of aliphatic carboxylic acids is 1. The van der Waals surface area contributed by atoms with E-state index < -0.39 is 90.2 Å². The molecule has 0 saturated heterocycles. The number of nitrogens with one attached hydrogen (secondary N) is 2. The molecule has 2 aliphatic carbocycles. The highest BCUT2D eigenvalue weighted by atomic mass is 19.2. The number of Topliss-reactive ketones (excluding diaryl/α,β-unsaturated/α-hetero) is 1. The molecular weight excluding hydrogens is 552 g/mol. The number of allylic oxidation sites excluding steroid dienone is 7. The lowest BCUT2D eigenvalue weighted by molar-refractivity contribution is -0.141. The van der Waals surface area contributed by atoms with Crippen LogP contribution in [0.3, 0.4) is 0 Å². The Morgan fingerprint density at radius 3 is 2.29 bits per heavy atom. The number of fused-ring (bicyclic) bond motifs is 1. The van der Waals surface area contributed by atoms with Gasteiger partial charge in [0.05, 0.1) is 6.42 Å². The smallest absolute Gasteiger partial charge is 0.305 e. The van der Waals surface area contributed by atoms with Gasteiger partial charge in [0.15, 0.2) is 29.8 Å². The maximum absolute atomic E-state index is 13.8. The van der Waals surface area contributed by atoms with E-state index >= 15 is 0 Å². The van der Waals surface area contributed by atoms with Crippen molar-refractivity contribution in [1.29, 1.82) is 0 Å². The Hall–Kier alpha value is -4.42. The summed E-state index contributed by atoms with van der Waals surface area (Å²) in [5.41, 5.74) is 1.02. The normalized spacial score (nSPS) is 17.1. The summed E-state index contributed by atoms with van der Waals surface area (Å²) in [6.07, 6.45) is 11.0. The van der Waals surface area contributed by atoms with Crippen molar-refractivity contribution in [2.75, 3.05) is 13.2 Å². The van der Waals surface area contributed by atoms with Crippen LogP contribution in [-0.4, -0.2) is 54.0 Å². The van der Waals surface area contributed by atoms with Gasteiger partial charge in [0.25, 0.3) is 5.91 Å². The van der Waals surface area contributed by atoms with Crippen LogP contribution >= 0.6 is 0 Å². The molecule has 0 heterocycles. The molecule has 0 saturated carbocycles. The Bertz CT molecular complexity index is 1310. The van der Waals surface area contributed by atoms with Crippen LogP contribution < -0.4 is 15.4 Å². The predicted molar refractivity (Wildman–Crippen MR) is 136 cm³/mol. The van der Waals surface area contributed by atoms with Crippen LogP contribution in [0.2, 0.25) is 0 Å². The molecule has 0 radical (unpaired) electrons. The van der Waals surface area contributed by atoms with Gasteiger partial charge in [-0.2, -0.15) is 8.78 Å². The zero-order valence-corrected chi connectivity index (χ0v) is 22.1. The highest BCUT2D eigenvalue weighted by molar-refractivity contribution is 5.95. The number of benzene rings is 1. The van der Waals surface area contributed by atoms with E-state index in [0.717, 1.165) is 5.57 Å². The molecule has 0 fully saturated rings. The number of ether oxygens (including phenoxy) is 2. The number of halogens is 4. The second-order valence-electron chi connectivity index (χ2n) is 9.60. The Morgan fingerprint density at radius 1 is 0.976 bits per heavy atom. The van der Waals surface area contributed by atoms with Crippen LogP contribution in [0, 0.1) is 35.1 Å². The molecule has 3 N–H and O–H groups in total.